The second-order valence-corrected chi connectivity index (χ2v) is 3.57. The van der Waals surface area contributed by atoms with Crippen LogP contribution in [0.4, 0.5) is 0 Å². The van der Waals surface area contributed by atoms with Gasteiger partial charge in [0.1, 0.15) is 0 Å². The maximum Gasteiger partial charge on any atom is 0.166 e. The second kappa shape index (κ2) is 2.44. The highest BCUT2D eigenvalue weighted by Crippen LogP contribution is 2.28. The van der Waals surface area contributed by atoms with Gasteiger partial charge in [-0.1, -0.05) is 25.1 Å². The van der Waals surface area contributed by atoms with Gasteiger partial charge >= 0.3 is 0 Å². The third kappa shape index (κ3) is 0.893. The maximum absolute atomic E-state index is 11.5. The molecule has 0 saturated carbocycles. The number of fused-ring (bicyclic) bond motifs is 1. The second-order valence-electron chi connectivity index (χ2n) is 3.57. The largest absolute Gasteiger partial charge is 0.294 e. The molecule has 1 aromatic rings. The SMILES string of the molecule is Cc1cccc2c1CC(C)C2=O. The van der Waals surface area contributed by atoms with E-state index < -0.39 is 0 Å². The predicted molar refractivity (Wildman–Crippen MR) is 48.4 cm³/mol. The van der Waals surface area contributed by atoms with Gasteiger partial charge in [-0.15, -0.1) is 0 Å². The van der Waals surface area contributed by atoms with Crippen LogP contribution >= 0.6 is 0 Å². The quantitative estimate of drug-likeness (QED) is 0.569. The Balaban J connectivity index is 2.61. The Morgan fingerprint density at radius 1 is 1.42 bits per heavy atom. The molecule has 1 aliphatic carbocycles. The van der Waals surface area contributed by atoms with E-state index in [1.54, 1.807) is 0 Å². The van der Waals surface area contributed by atoms with Crippen LogP contribution in [-0.2, 0) is 6.42 Å². The standard InChI is InChI=1S/C11H12O/c1-7-4-3-5-9-10(7)6-8(2)11(9)12/h3-5,8H,6H2,1-2H3. The van der Waals surface area contributed by atoms with E-state index in [-0.39, 0.29) is 5.92 Å². The van der Waals surface area contributed by atoms with Crippen LogP contribution in [0.15, 0.2) is 18.2 Å². The molecule has 0 spiro atoms. The highest BCUT2D eigenvalue weighted by molar-refractivity contribution is 6.02. The fourth-order valence-corrected chi connectivity index (χ4v) is 1.87. The lowest BCUT2D eigenvalue weighted by Crippen LogP contribution is -2.02. The molecule has 0 bridgehead atoms. The van der Waals surface area contributed by atoms with Crippen molar-refractivity contribution in [2.75, 3.05) is 0 Å². The van der Waals surface area contributed by atoms with Crippen LogP contribution in [0.5, 0.6) is 0 Å². The summed E-state index contributed by atoms with van der Waals surface area (Å²) in [6.07, 6.45) is 0.931. The third-order valence-corrected chi connectivity index (χ3v) is 2.63. The summed E-state index contributed by atoms with van der Waals surface area (Å²) < 4.78 is 0. The first-order chi connectivity index (χ1) is 5.70. The molecule has 0 heterocycles. The van der Waals surface area contributed by atoms with Crippen molar-refractivity contribution in [3.05, 3.63) is 34.9 Å². The molecule has 1 atom stereocenters. The van der Waals surface area contributed by atoms with Gasteiger partial charge in [0.2, 0.25) is 0 Å². The van der Waals surface area contributed by atoms with E-state index in [0.29, 0.717) is 5.78 Å². The zero-order valence-corrected chi connectivity index (χ0v) is 7.42. The minimum atomic E-state index is 0.195. The van der Waals surface area contributed by atoms with Crippen molar-refractivity contribution in [3.8, 4) is 0 Å². The van der Waals surface area contributed by atoms with Gasteiger partial charge in [0.05, 0.1) is 0 Å². The van der Waals surface area contributed by atoms with E-state index in [1.807, 2.05) is 19.1 Å². The van der Waals surface area contributed by atoms with Crippen molar-refractivity contribution in [3.63, 3.8) is 0 Å². The van der Waals surface area contributed by atoms with Crippen LogP contribution in [0.25, 0.3) is 0 Å². The van der Waals surface area contributed by atoms with Crippen LogP contribution in [0.3, 0.4) is 0 Å². The van der Waals surface area contributed by atoms with Crippen molar-refractivity contribution in [1.82, 2.24) is 0 Å². The van der Waals surface area contributed by atoms with E-state index in [1.165, 1.54) is 11.1 Å². The number of benzene rings is 1. The van der Waals surface area contributed by atoms with Crippen molar-refractivity contribution in [2.24, 2.45) is 5.92 Å². The molecule has 0 saturated heterocycles. The van der Waals surface area contributed by atoms with Crippen LogP contribution in [0.1, 0.15) is 28.4 Å². The summed E-state index contributed by atoms with van der Waals surface area (Å²) in [7, 11) is 0. The molecule has 0 aliphatic heterocycles. The molecule has 0 radical (unpaired) electrons. The van der Waals surface area contributed by atoms with Crippen molar-refractivity contribution >= 4 is 5.78 Å². The number of carbonyl (C=O) groups excluding carboxylic acids is 1. The topological polar surface area (TPSA) is 17.1 Å². The van der Waals surface area contributed by atoms with Crippen molar-refractivity contribution in [2.45, 2.75) is 20.3 Å². The van der Waals surface area contributed by atoms with Crippen molar-refractivity contribution < 1.29 is 4.79 Å². The number of hydrogen-bond donors (Lipinski definition) is 0. The van der Waals surface area contributed by atoms with Gasteiger partial charge in [0.15, 0.2) is 5.78 Å². The molecular formula is C11H12O. The van der Waals surface area contributed by atoms with Gasteiger partial charge in [-0.25, -0.2) is 0 Å². The molecule has 2 rings (SSSR count). The van der Waals surface area contributed by atoms with Crippen LogP contribution in [-0.4, -0.2) is 5.78 Å². The zero-order valence-electron chi connectivity index (χ0n) is 7.42. The lowest BCUT2D eigenvalue weighted by Gasteiger charge is -1.99. The number of carbonyl (C=O) groups is 1. The highest BCUT2D eigenvalue weighted by atomic mass is 16.1. The summed E-state index contributed by atoms with van der Waals surface area (Å²) in [6.45, 7) is 4.08. The first-order valence-electron chi connectivity index (χ1n) is 4.33. The molecule has 12 heavy (non-hydrogen) atoms. The van der Waals surface area contributed by atoms with Gasteiger partial charge in [-0.05, 0) is 24.5 Å². The summed E-state index contributed by atoms with van der Waals surface area (Å²) in [5.41, 5.74) is 3.46. The molecule has 0 aromatic heterocycles. The van der Waals surface area contributed by atoms with E-state index in [9.17, 15) is 4.79 Å². The van der Waals surface area contributed by atoms with Crippen LogP contribution < -0.4 is 0 Å². The molecule has 1 aromatic carbocycles. The number of aryl methyl sites for hydroxylation is 1. The monoisotopic (exact) mass is 160 g/mol. The maximum atomic E-state index is 11.5. The molecule has 0 N–H and O–H groups in total. The van der Waals surface area contributed by atoms with E-state index in [4.69, 9.17) is 0 Å². The molecule has 1 aliphatic rings. The summed E-state index contributed by atoms with van der Waals surface area (Å²) >= 11 is 0. The fraction of sp³-hybridized carbons (Fsp3) is 0.364. The number of hydrogen-bond acceptors (Lipinski definition) is 1. The summed E-state index contributed by atoms with van der Waals surface area (Å²) in [4.78, 5) is 11.5. The van der Waals surface area contributed by atoms with Crippen molar-refractivity contribution in [1.29, 1.82) is 0 Å². The van der Waals surface area contributed by atoms with Gasteiger partial charge in [-0.3, -0.25) is 4.79 Å². The molecule has 1 unspecified atom stereocenters. The first-order valence-corrected chi connectivity index (χ1v) is 4.33. The summed E-state index contributed by atoms with van der Waals surface area (Å²) in [5, 5.41) is 0. The Morgan fingerprint density at radius 2 is 2.17 bits per heavy atom. The molecular weight excluding hydrogens is 148 g/mol. The smallest absolute Gasteiger partial charge is 0.166 e. The van der Waals surface area contributed by atoms with Gasteiger partial charge in [-0.2, -0.15) is 0 Å². The lowest BCUT2D eigenvalue weighted by atomic mass is 10.0. The average Bonchev–Trinajstić information content (AvgIpc) is 2.32. The van der Waals surface area contributed by atoms with E-state index in [0.717, 1.165) is 12.0 Å². The Labute approximate surface area is 72.4 Å². The zero-order chi connectivity index (χ0) is 8.72. The lowest BCUT2D eigenvalue weighted by molar-refractivity contribution is 0.0946. The summed E-state index contributed by atoms with van der Waals surface area (Å²) in [6, 6.07) is 5.97. The number of Topliss-reactive ketones (excluding diaryl/α,β-unsaturated/α-hetero) is 1. The highest BCUT2D eigenvalue weighted by Gasteiger charge is 2.27. The van der Waals surface area contributed by atoms with E-state index in [2.05, 4.69) is 13.0 Å². The predicted octanol–water partition coefficient (Wildman–Crippen LogP) is 2.37. The fourth-order valence-electron chi connectivity index (χ4n) is 1.87. The minimum Gasteiger partial charge on any atom is -0.294 e. The van der Waals surface area contributed by atoms with Gasteiger partial charge in [0, 0.05) is 11.5 Å². The third-order valence-electron chi connectivity index (χ3n) is 2.63. The van der Waals surface area contributed by atoms with E-state index >= 15 is 0 Å². The van der Waals surface area contributed by atoms with Gasteiger partial charge in [0.25, 0.3) is 0 Å². The number of ketones is 1. The summed E-state index contributed by atoms with van der Waals surface area (Å²) in [5.74, 6) is 0.509. The molecule has 0 fully saturated rings. The first kappa shape index (κ1) is 7.53. The molecule has 1 heteroatoms. The Morgan fingerprint density at radius 3 is 2.83 bits per heavy atom. The Bertz CT molecular complexity index is 339. The molecule has 1 nitrogen and oxygen atoms in total. The molecule has 0 amide bonds. The average molecular weight is 160 g/mol. The minimum absolute atomic E-state index is 0.195. The van der Waals surface area contributed by atoms with Gasteiger partial charge < -0.3 is 0 Å². The van der Waals surface area contributed by atoms with Crippen LogP contribution in [0.2, 0.25) is 0 Å². The normalized spacial score (nSPS) is 21.2. The Kier molecular flexibility index (Phi) is 1.53. The number of rotatable bonds is 0. The Hall–Kier alpha value is -1.11. The van der Waals surface area contributed by atoms with Crippen LogP contribution in [0, 0.1) is 12.8 Å². The molecule has 62 valence electrons.